The number of hydrogen-bond donors (Lipinski definition) is 3. The number of hydrazine groups is 1. The number of nitrogens with zero attached hydrogens (tertiary/aromatic N) is 1. The highest BCUT2D eigenvalue weighted by Gasteiger charge is 2.06. The van der Waals surface area contributed by atoms with Gasteiger partial charge in [0.1, 0.15) is 0 Å². The Hall–Kier alpha value is -1.86. The Balaban J connectivity index is 2.86. The van der Waals surface area contributed by atoms with E-state index in [4.69, 9.17) is 27.5 Å². The molecule has 0 spiro atoms. The van der Waals surface area contributed by atoms with Crippen molar-refractivity contribution in [2.75, 3.05) is 14.2 Å². The molecule has 1 aromatic rings. The maximum Gasteiger partial charge on any atom is 0.201 e. The van der Waals surface area contributed by atoms with Gasteiger partial charge in [0.2, 0.25) is 5.11 Å². The van der Waals surface area contributed by atoms with E-state index in [2.05, 4.69) is 16.0 Å². The Labute approximate surface area is 105 Å². The molecule has 0 aliphatic rings. The minimum Gasteiger partial charge on any atom is -0.493 e. The molecule has 0 aliphatic carbocycles. The fourth-order valence-electron chi connectivity index (χ4n) is 1.21. The van der Waals surface area contributed by atoms with Gasteiger partial charge in [0.05, 0.1) is 20.4 Å². The zero-order chi connectivity index (χ0) is 12.7. The molecule has 92 valence electrons. The van der Waals surface area contributed by atoms with Crippen molar-refractivity contribution >= 4 is 23.5 Å². The zero-order valence-electron chi connectivity index (χ0n) is 9.56. The second kappa shape index (κ2) is 6.66. The Morgan fingerprint density at radius 1 is 1.41 bits per heavy atom. The summed E-state index contributed by atoms with van der Waals surface area (Å²) in [4.78, 5) is 0. The van der Waals surface area contributed by atoms with E-state index in [-0.39, 0.29) is 5.11 Å². The first kappa shape index (κ1) is 13.2. The maximum atomic E-state index is 5.23. The van der Waals surface area contributed by atoms with Crippen LogP contribution in [0.1, 0.15) is 5.56 Å². The van der Waals surface area contributed by atoms with Crippen molar-refractivity contribution in [2.24, 2.45) is 10.9 Å². The topological polar surface area (TPSA) is 80.9 Å². The molecule has 1 rings (SSSR count). The lowest BCUT2D eigenvalue weighted by atomic mass is 10.2. The Kier molecular flexibility index (Phi) is 5.18. The molecule has 0 aliphatic heterocycles. The summed E-state index contributed by atoms with van der Waals surface area (Å²) in [5.41, 5.74) is 5.55. The highest BCUT2D eigenvalue weighted by Crippen LogP contribution is 2.29. The smallest absolute Gasteiger partial charge is 0.201 e. The van der Waals surface area contributed by atoms with Crippen molar-refractivity contribution in [2.45, 2.75) is 0 Å². The number of hydrazone groups is 1. The lowest BCUT2D eigenvalue weighted by Gasteiger charge is -2.09. The molecular weight excluding hydrogens is 240 g/mol. The molecule has 0 fully saturated rings. The number of benzene rings is 1. The van der Waals surface area contributed by atoms with Crippen molar-refractivity contribution in [3.63, 3.8) is 0 Å². The van der Waals surface area contributed by atoms with Gasteiger partial charge in [-0.15, -0.1) is 0 Å². The van der Waals surface area contributed by atoms with Crippen molar-refractivity contribution < 1.29 is 9.47 Å². The standard InChI is InChI=1S/C10H14N4O2S/c1-15-8-5-3-4-7(9(8)16-2)6-12-14-10(17)13-11/h3-6H,11H2,1-2H3,(H2,13,14,17). The van der Waals surface area contributed by atoms with Crippen molar-refractivity contribution in [3.05, 3.63) is 23.8 Å². The molecule has 0 amide bonds. The van der Waals surface area contributed by atoms with Crippen molar-refractivity contribution in [1.29, 1.82) is 0 Å². The van der Waals surface area contributed by atoms with Crippen molar-refractivity contribution in [1.82, 2.24) is 10.9 Å². The summed E-state index contributed by atoms with van der Waals surface area (Å²) < 4.78 is 10.4. The molecule has 0 heterocycles. The summed E-state index contributed by atoms with van der Waals surface area (Å²) in [7, 11) is 3.14. The van der Waals surface area contributed by atoms with Crippen LogP contribution in [0.2, 0.25) is 0 Å². The summed E-state index contributed by atoms with van der Waals surface area (Å²) in [6.07, 6.45) is 1.56. The summed E-state index contributed by atoms with van der Waals surface area (Å²) in [6, 6.07) is 5.48. The van der Waals surface area contributed by atoms with Crippen LogP contribution in [0, 0.1) is 0 Å². The van der Waals surface area contributed by atoms with Gasteiger partial charge >= 0.3 is 0 Å². The molecule has 0 atom stereocenters. The summed E-state index contributed by atoms with van der Waals surface area (Å²) in [5.74, 6) is 6.32. The molecule has 1 aromatic carbocycles. The van der Waals surface area contributed by atoms with Crippen LogP contribution in [0.15, 0.2) is 23.3 Å². The van der Waals surface area contributed by atoms with E-state index in [9.17, 15) is 0 Å². The largest absolute Gasteiger partial charge is 0.493 e. The Morgan fingerprint density at radius 3 is 2.76 bits per heavy atom. The molecule has 0 radical (unpaired) electrons. The fraction of sp³-hybridized carbons (Fsp3) is 0.200. The minimum absolute atomic E-state index is 0.225. The molecule has 4 N–H and O–H groups in total. The van der Waals surface area contributed by atoms with Gasteiger partial charge in [-0.3, -0.25) is 10.9 Å². The second-order valence-corrected chi connectivity index (χ2v) is 3.33. The number of nitrogens with one attached hydrogen (secondary N) is 2. The first-order chi connectivity index (χ1) is 8.22. The Morgan fingerprint density at radius 2 is 2.18 bits per heavy atom. The third-order valence-corrected chi connectivity index (χ3v) is 2.14. The van der Waals surface area contributed by atoms with Crippen LogP contribution >= 0.6 is 12.2 Å². The number of ether oxygens (including phenoxy) is 2. The molecule has 7 heteroatoms. The first-order valence-electron chi connectivity index (χ1n) is 4.73. The highest BCUT2D eigenvalue weighted by molar-refractivity contribution is 7.80. The van der Waals surface area contributed by atoms with Gasteiger partial charge < -0.3 is 9.47 Å². The summed E-state index contributed by atoms with van der Waals surface area (Å²) in [6.45, 7) is 0. The summed E-state index contributed by atoms with van der Waals surface area (Å²) in [5, 5.41) is 4.13. The maximum absolute atomic E-state index is 5.23. The monoisotopic (exact) mass is 254 g/mol. The first-order valence-corrected chi connectivity index (χ1v) is 5.14. The third-order valence-electron chi connectivity index (χ3n) is 1.93. The number of rotatable bonds is 4. The highest BCUT2D eigenvalue weighted by atomic mass is 32.1. The molecule has 0 unspecified atom stereocenters. The van der Waals surface area contributed by atoms with E-state index in [1.165, 1.54) is 0 Å². The average molecular weight is 254 g/mol. The molecule has 17 heavy (non-hydrogen) atoms. The van der Waals surface area contributed by atoms with E-state index in [1.807, 2.05) is 12.1 Å². The van der Waals surface area contributed by atoms with Gasteiger partial charge in [-0.2, -0.15) is 5.10 Å². The van der Waals surface area contributed by atoms with E-state index in [0.717, 1.165) is 5.56 Å². The lowest BCUT2D eigenvalue weighted by molar-refractivity contribution is 0.354. The van der Waals surface area contributed by atoms with Crippen LogP contribution in [0.3, 0.4) is 0 Å². The zero-order valence-corrected chi connectivity index (χ0v) is 10.4. The van der Waals surface area contributed by atoms with Crippen LogP contribution in [0.4, 0.5) is 0 Å². The predicted molar refractivity (Wildman–Crippen MR) is 70.2 cm³/mol. The molecule has 0 bridgehead atoms. The molecule has 0 saturated carbocycles. The van der Waals surface area contributed by atoms with Crippen LogP contribution in [-0.4, -0.2) is 25.5 Å². The van der Waals surface area contributed by atoms with Crippen LogP contribution in [0.5, 0.6) is 11.5 Å². The molecular formula is C10H14N4O2S. The van der Waals surface area contributed by atoms with Crippen molar-refractivity contribution in [3.8, 4) is 11.5 Å². The van der Waals surface area contributed by atoms with Gasteiger partial charge in [0, 0.05) is 5.56 Å². The Bertz CT molecular complexity index is 423. The molecule has 6 nitrogen and oxygen atoms in total. The average Bonchev–Trinajstić information content (AvgIpc) is 2.37. The number of thiocarbonyl (C=S) groups is 1. The number of hydrogen-bond acceptors (Lipinski definition) is 5. The normalized spacial score (nSPS) is 10.1. The van der Waals surface area contributed by atoms with Crippen LogP contribution in [-0.2, 0) is 0 Å². The lowest BCUT2D eigenvalue weighted by Crippen LogP contribution is -2.37. The van der Waals surface area contributed by atoms with Gasteiger partial charge in [0.25, 0.3) is 0 Å². The quantitative estimate of drug-likeness (QED) is 0.312. The van der Waals surface area contributed by atoms with Crippen LogP contribution < -0.4 is 26.2 Å². The van der Waals surface area contributed by atoms with Gasteiger partial charge in [0.15, 0.2) is 11.5 Å². The van der Waals surface area contributed by atoms with E-state index in [0.29, 0.717) is 11.5 Å². The van der Waals surface area contributed by atoms with Gasteiger partial charge in [-0.25, -0.2) is 5.84 Å². The second-order valence-electron chi connectivity index (χ2n) is 2.93. The molecule has 0 aromatic heterocycles. The SMILES string of the molecule is COc1cccc(C=NNC(=S)NN)c1OC. The number of methoxy groups -OCH3 is 2. The number of para-hydroxylation sites is 1. The molecule has 0 saturated heterocycles. The minimum atomic E-state index is 0.225. The van der Waals surface area contributed by atoms with E-state index in [1.54, 1.807) is 26.5 Å². The third kappa shape index (κ3) is 3.58. The fourth-order valence-corrected chi connectivity index (χ4v) is 1.26. The van der Waals surface area contributed by atoms with E-state index >= 15 is 0 Å². The van der Waals surface area contributed by atoms with Gasteiger partial charge in [-0.1, -0.05) is 6.07 Å². The van der Waals surface area contributed by atoms with Crippen LogP contribution in [0.25, 0.3) is 0 Å². The van der Waals surface area contributed by atoms with Gasteiger partial charge in [-0.05, 0) is 24.4 Å². The predicted octanol–water partition coefficient (Wildman–Crippen LogP) is 0.375. The summed E-state index contributed by atoms with van der Waals surface area (Å²) >= 11 is 4.76. The number of nitrogens with two attached hydrogens (primary N) is 1. The van der Waals surface area contributed by atoms with E-state index < -0.39 is 0 Å².